The summed E-state index contributed by atoms with van der Waals surface area (Å²) in [5.74, 6) is -0.712. The molecular weight excluding hydrogens is 296 g/mol. The smallest absolute Gasteiger partial charge is 0.345 e. The Balaban J connectivity index is 2.35. The second-order valence-electron chi connectivity index (χ2n) is 5.09. The standard InChI is InChI=1S/C17H17N2O4/c1-10-7-5-9-14(19(21)22)15(10)12(3)23-17(20)16-11(2)6-4-8-13(16)18/h4-9,21H,3,18H2,1-2H3/q-1. The Kier molecular flexibility index (Phi) is 4.68. The lowest BCUT2D eigenvalue weighted by atomic mass is 10.0. The highest BCUT2D eigenvalue weighted by Gasteiger charge is 2.19. The summed E-state index contributed by atoms with van der Waals surface area (Å²) in [5.41, 5.74) is 7.85. The molecule has 0 radical (unpaired) electrons. The Bertz CT molecular complexity index is 749. The highest BCUT2D eigenvalue weighted by molar-refractivity contribution is 5.99. The minimum absolute atomic E-state index is 0.0411. The number of nitrogens with zero attached hydrogens (tertiary/aromatic N) is 1. The van der Waals surface area contributed by atoms with Crippen molar-refractivity contribution >= 4 is 23.1 Å². The molecule has 0 saturated heterocycles. The summed E-state index contributed by atoms with van der Waals surface area (Å²) in [6.07, 6.45) is 0. The van der Waals surface area contributed by atoms with Crippen molar-refractivity contribution < 1.29 is 14.7 Å². The molecule has 0 aliphatic carbocycles. The van der Waals surface area contributed by atoms with E-state index in [2.05, 4.69) is 6.58 Å². The Morgan fingerprint density at radius 1 is 1.17 bits per heavy atom. The summed E-state index contributed by atoms with van der Waals surface area (Å²) < 4.78 is 5.27. The number of nitrogen functional groups attached to an aromatic ring is 1. The molecule has 0 bridgehead atoms. The SMILES string of the molecule is C=C(OC(=O)c1c(C)cccc1N)c1c(C)cccc1N([O-])O. The number of carbonyl (C=O) groups is 1. The number of benzene rings is 2. The highest BCUT2D eigenvalue weighted by atomic mass is 16.8. The largest absolute Gasteiger partial charge is 0.733 e. The van der Waals surface area contributed by atoms with E-state index in [-0.39, 0.29) is 27.8 Å². The van der Waals surface area contributed by atoms with Crippen LogP contribution in [0.5, 0.6) is 0 Å². The van der Waals surface area contributed by atoms with Gasteiger partial charge in [-0.15, -0.1) is 0 Å². The highest BCUT2D eigenvalue weighted by Crippen LogP contribution is 2.30. The molecule has 2 aromatic carbocycles. The van der Waals surface area contributed by atoms with Gasteiger partial charge in [0.15, 0.2) is 0 Å². The van der Waals surface area contributed by atoms with E-state index < -0.39 is 5.97 Å². The molecule has 0 amide bonds. The Hall–Kier alpha value is -2.83. The maximum atomic E-state index is 12.3. The van der Waals surface area contributed by atoms with Gasteiger partial charge in [-0.25, -0.2) is 4.79 Å². The van der Waals surface area contributed by atoms with Crippen molar-refractivity contribution in [3.63, 3.8) is 0 Å². The minimum Gasteiger partial charge on any atom is -0.733 e. The summed E-state index contributed by atoms with van der Waals surface area (Å²) in [6.45, 7) is 7.14. The average molecular weight is 313 g/mol. The van der Waals surface area contributed by atoms with E-state index in [4.69, 9.17) is 10.5 Å². The van der Waals surface area contributed by atoms with Gasteiger partial charge in [0.25, 0.3) is 0 Å². The van der Waals surface area contributed by atoms with Crippen LogP contribution >= 0.6 is 0 Å². The Morgan fingerprint density at radius 2 is 1.74 bits per heavy atom. The molecular formula is C17H17N2O4-. The molecule has 0 fully saturated rings. The van der Waals surface area contributed by atoms with Crippen LogP contribution in [-0.4, -0.2) is 11.2 Å². The Morgan fingerprint density at radius 3 is 2.30 bits per heavy atom. The molecule has 0 atom stereocenters. The first-order valence-electron chi connectivity index (χ1n) is 6.85. The van der Waals surface area contributed by atoms with Gasteiger partial charge in [0.2, 0.25) is 0 Å². The fraction of sp³-hybridized carbons (Fsp3) is 0.118. The molecule has 0 unspecified atom stereocenters. The molecule has 0 aliphatic rings. The van der Waals surface area contributed by atoms with Crippen LogP contribution in [0.15, 0.2) is 43.0 Å². The van der Waals surface area contributed by atoms with Crippen LogP contribution in [0.1, 0.15) is 27.0 Å². The topological polar surface area (TPSA) is 98.9 Å². The second-order valence-corrected chi connectivity index (χ2v) is 5.09. The van der Waals surface area contributed by atoms with Crippen LogP contribution in [0.25, 0.3) is 5.76 Å². The quantitative estimate of drug-likeness (QED) is 0.388. The van der Waals surface area contributed by atoms with Gasteiger partial charge in [-0.3, -0.25) is 5.21 Å². The molecule has 3 N–H and O–H groups in total. The van der Waals surface area contributed by atoms with Crippen LogP contribution in [0.4, 0.5) is 11.4 Å². The molecule has 0 aromatic heterocycles. The third kappa shape index (κ3) is 3.33. The van der Waals surface area contributed by atoms with E-state index in [1.54, 1.807) is 44.2 Å². The van der Waals surface area contributed by atoms with E-state index in [0.717, 1.165) is 0 Å². The zero-order chi connectivity index (χ0) is 17.1. The number of rotatable bonds is 4. The first-order valence-corrected chi connectivity index (χ1v) is 6.85. The van der Waals surface area contributed by atoms with Gasteiger partial charge in [0.05, 0.1) is 11.3 Å². The van der Waals surface area contributed by atoms with Crippen molar-refractivity contribution in [1.29, 1.82) is 0 Å². The molecule has 2 rings (SSSR count). The fourth-order valence-electron chi connectivity index (χ4n) is 2.36. The van der Waals surface area contributed by atoms with Crippen LogP contribution in [-0.2, 0) is 4.74 Å². The van der Waals surface area contributed by atoms with Gasteiger partial charge >= 0.3 is 5.97 Å². The van der Waals surface area contributed by atoms with Crippen molar-refractivity contribution in [2.75, 3.05) is 11.0 Å². The Labute approximate surface area is 133 Å². The average Bonchev–Trinajstić information content (AvgIpc) is 2.46. The van der Waals surface area contributed by atoms with Gasteiger partial charge in [-0.2, -0.15) is 0 Å². The van der Waals surface area contributed by atoms with E-state index in [0.29, 0.717) is 16.8 Å². The molecule has 6 nitrogen and oxygen atoms in total. The van der Waals surface area contributed by atoms with E-state index in [1.165, 1.54) is 6.07 Å². The maximum Gasteiger partial charge on any atom is 0.345 e. The number of hydrogen-bond donors (Lipinski definition) is 2. The predicted molar refractivity (Wildman–Crippen MR) is 88.9 cm³/mol. The first-order chi connectivity index (χ1) is 10.8. The molecule has 23 heavy (non-hydrogen) atoms. The molecule has 0 aliphatic heterocycles. The number of ether oxygens (including phenoxy) is 1. The van der Waals surface area contributed by atoms with E-state index in [9.17, 15) is 15.2 Å². The summed E-state index contributed by atoms with van der Waals surface area (Å²) in [6, 6.07) is 9.78. The van der Waals surface area contributed by atoms with Crippen molar-refractivity contribution in [2.45, 2.75) is 13.8 Å². The van der Waals surface area contributed by atoms with Crippen molar-refractivity contribution in [1.82, 2.24) is 0 Å². The lowest BCUT2D eigenvalue weighted by Crippen LogP contribution is -2.13. The molecule has 0 saturated carbocycles. The minimum atomic E-state index is -0.671. The van der Waals surface area contributed by atoms with Crippen molar-refractivity contribution in [3.8, 4) is 0 Å². The molecule has 2 aromatic rings. The lowest BCUT2D eigenvalue weighted by Gasteiger charge is -2.26. The molecule has 0 spiro atoms. The second kappa shape index (κ2) is 6.51. The molecule has 120 valence electrons. The van der Waals surface area contributed by atoms with Crippen LogP contribution < -0.4 is 11.0 Å². The number of carbonyl (C=O) groups excluding carboxylic acids is 1. The van der Waals surface area contributed by atoms with Crippen LogP contribution in [0, 0.1) is 19.1 Å². The number of aryl methyl sites for hydroxylation is 2. The zero-order valence-corrected chi connectivity index (χ0v) is 12.9. The van der Waals surface area contributed by atoms with Gasteiger partial charge in [0, 0.05) is 11.3 Å². The summed E-state index contributed by atoms with van der Waals surface area (Å²) in [5, 5.41) is 20.2. The van der Waals surface area contributed by atoms with Crippen molar-refractivity contribution in [3.05, 3.63) is 70.4 Å². The van der Waals surface area contributed by atoms with Gasteiger partial charge in [0.1, 0.15) is 5.76 Å². The summed E-state index contributed by atoms with van der Waals surface area (Å²) >= 11 is 0. The summed E-state index contributed by atoms with van der Waals surface area (Å²) in [4.78, 5) is 12.3. The lowest BCUT2D eigenvalue weighted by molar-refractivity contribution is 0.0693. The molecule has 6 heteroatoms. The number of nitrogens with two attached hydrogens (primary N) is 1. The third-order valence-corrected chi connectivity index (χ3v) is 3.46. The van der Waals surface area contributed by atoms with Gasteiger partial charge in [-0.05, 0) is 37.1 Å². The third-order valence-electron chi connectivity index (χ3n) is 3.46. The van der Waals surface area contributed by atoms with Crippen LogP contribution in [0.2, 0.25) is 0 Å². The number of hydrogen-bond acceptors (Lipinski definition) is 6. The monoisotopic (exact) mass is 313 g/mol. The van der Waals surface area contributed by atoms with E-state index >= 15 is 0 Å². The normalized spacial score (nSPS) is 10.3. The number of anilines is 2. The molecule has 0 heterocycles. The van der Waals surface area contributed by atoms with Gasteiger partial charge in [-0.1, -0.05) is 30.8 Å². The van der Waals surface area contributed by atoms with Crippen molar-refractivity contribution in [2.24, 2.45) is 0 Å². The van der Waals surface area contributed by atoms with Crippen LogP contribution in [0.3, 0.4) is 0 Å². The van der Waals surface area contributed by atoms with Gasteiger partial charge < -0.3 is 20.9 Å². The number of esters is 1. The van der Waals surface area contributed by atoms with E-state index in [1.807, 2.05) is 0 Å². The fourth-order valence-corrected chi connectivity index (χ4v) is 2.36. The zero-order valence-electron chi connectivity index (χ0n) is 12.9. The maximum absolute atomic E-state index is 12.3. The summed E-state index contributed by atoms with van der Waals surface area (Å²) in [7, 11) is 0. The predicted octanol–water partition coefficient (Wildman–Crippen LogP) is 3.41. The first kappa shape index (κ1) is 16.5.